The number of rotatable bonds is 7. The summed E-state index contributed by atoms with van der Waals surface area (Å²) in [6, 6.07) is 5.73. The number of carbonyl (C=O) groups excluding carboxylic acids is 1. The van der Waals surface area contributed by atoms with Gasteiger partial charge in [0.1, 0.15) is 0 Å². The molecule has 0 atom stereocenters. The molecule has 1 N–H and O–H groups in total. The van der Waals surface area contributed by atoms with Crippen molar-refractivity contribution in [1.29, 1.82) is 0 Å². The van der Waals surface area contributed by atoms with Crippen LogP contribution in [0.4, 0.5) is 5.13 Å². The molecule has 1 aliphatic heterocycles. The summed E-state index contributed by atoms with van der Waals surface area (Å²) < 4.78 is 0.906. The number of benzene rings is 1. The van der Waals surface area contributed by atoms with Crippen molar-refractivity contribution < 1.29 is 4.79 Å². The lowest BCUT2D eigenvalue weighted by Gasteiger charge is -2.31. The van der Waals surface area contributed by atoms with Gasteiger partial charge in [-0.1, -0.05) is 59.3 Å². The van der Waals surface area contributed by atoms with Crippen LogP contribution in [-0.4, -0.2) is 39.8 Å². The fourth-order valence-electron chi connectivity index (χ4n) is 2.96. The van der Waals surface area contributed by atoms with Gasteiger partial charge in [0.15, 0.2) is 4.34 Å². The first kappa shape index (κ1) is 20.9. The Kier molecular flexibility index (Phi) is 7.78. The SMILES string of the molecule is CCCSc1nnc(NC(=O)C2CCN(Cc3ccc(Cl)c(Cl)c3)CC2)s1. The van der Waals surface area contributed by atoms with Crippen LogP contribution in [0.15, 0.2) is 22.5 Å². The monoisotopic (exact) mass is 444 g/mol. The summed E-state index contributed by atoms with van der Waals surface area (Å²) in [4.78, 5) is 14.8. The summed E-state index contributed by atoms with van der Waals surface area (Å²) in [5.41, 5.74) is 1.14. The van der Waals surface area contributed by atoms with E-state index in [9.17, 15) is 4.79 Å². The standard InChI is InChI=1S/C18H22Cl2N4OS2/c1-2-9-26-18-23-22-17(27-18)21-16(25)13-5-7-24(8-6-13)11-12-3-4-14(19)15(20)10-12/h3-4,10,13H,2,5-9,11H2,1H3,(H,21,22,25). The minimum atomic E-state index is 0.0192. The Labute approximate surface area is 177 Å². The van der Waals surface area contributed by atoms with Gasteiger partial charge in [0.05, 0.1) is 10.0 Å². The molecule has 146 valence electrons. The van der Waals surface area contributed by atoms with Crippen molar-refractivity contribution in [3.63, 3.8) is 0 Å². The molecule has 1 fully saturated rings. The van der Waals surface area contributed by atoms with E-state index < -0.39 is 0 Å². The van der Waals surface area contributed by atoms with Gasteiger partial charge in [-0.3, -0.25) is 9.69 Å². The average Bonchev–Trinajstić information content (AvgIpc) is 3.11. The smallest absolute Gasteiger partial charge is 0.229 e. The van der Waals surface area contributed by atoms with Crippen molar-refractivity contribution in [2.45, 2.75) is 37.1 Å². The Hall–Kier alpha value is -0.860. The van der Waals surface area contributed by atoms with Crippen molar-refractivity contribution in [2.75, 3.05) is 24.2 Å². The molecule has 2 heterocycles. The van der Waals surface area contributed by atoms with Gasteiger partial charge in [-0.2, -0.15) is 0 Å². The van der Waals surface area contributed by atoms with Crippen LogP contribution in [0.1, 0.15) is 31.7 Å². The van der Waals surface area contributed by atoms with Crippen LogP contribution in [0.5, 0.6) is 0 Å². The molecule has 0 spiro atoms. The fourth-order valence-corrected chi connectivity index (χ4v) is 4.97. The molecule has 27 heavy (non-hydrogen) atoms. The van der Waals surface area contributed by atoms with E-state index in [0.717, 1.165) is 54.6 Å². The molecule has 1 saturated heterocycles. The predicted octanol–water partition coefficient (Wildman–Crippen LogP) is 5.20. The number of nitrogens with zero attached hydrogens (tertiary/aromatic N) is 3. The first-order chi connectivity index (χ1) is 13.0. The van der Waals surface area contributed by atoms with Gasteiger partial charge < -0.3 is 5.32 Å². The summed E-state index contributed by atoms with van der Waals surface area (Å²) in [5.74, 6) is 1.08. The number of carbonyl (C=O) groups is 1. The van der Waals surface area contributed by atoms with Crippen LogP contribution in [0.3, 0.4) is 0 Å². The maximum atomic E-state index is 12.5. The lowest BCUT2D eigenvalue weighted by molar-refractivity contribution is -0.121. The quantitative estimate of drug-likeness (QED) is 0.469. The van der Waals surface area contributed by atoms with Crippen LogP contribution in [0, 0.1) is 5.92 Å². The molecule has 1 aromatic carbocycles. The van der Waals surface area contributed by atoms with Gasteiger partial charge >= 0.3 is 0 Å². The summed E-state index contributed by atoms with van der Waals surface area (Å²) in [5, 5.41) is 12.9. The van der Waals surface area contributed by atoms with Crippen LogP contribution in [0.2, 0.25) is 10.0 Å². The van der Waals surface area contributed by atoms with Crippen molar-refractivity contribution in [3.05, 3.63) is 33.8 Å². The first-order valence-corrected chi connectivity index (χ1v) is 11.5. The number of amides is 1. The van der Waals surface area contributed by atoms with Crippen LogP contribution in [-0.2, 0) is 11.3 Å². The molecule has 5 nitrogen and oxygen atoms in total. The molecule has 0 radical (unpaired) electrons. The van der Waals surface area contributed by atoms with Crippen LogP contribution < -0.4 is 5.32 Å². The van der Waals surface area contributed by atoms with Gasteiger partial charge in [-0.25, -0.2) is 0 Å². The molecule has 1 aromatic heterocycles. The predicted molar refractivity (Wildman–Crippen MR) is 114 cm³/mol. The fraction of sp³-hybridized carbons (Fsp3) is 0.500. The van der Waals surface area contributed by atoms with E-state index in [1.54, 1.807) is 11.8 Å². The van der Waals surface area contributed by atoms with E-state index in [-0.39, 0.29) is 11.8 Å². The highest BCUT2D eigenvalue weighted by Crippen LogP contribution is 2.28. The molecule has 1 amide bonds. The lowest BCUT2D eigenvalue weighted by atomic mass is 9.95. The van der Waals surface area contributed by atoms with Gasteiger partial charge in [0, 0.05) is 18.2 Å². The number of thioether (sulfide) groups is 1. The van der Waals surface area contributed by atoms with E-state index in [0.29, 0.717) is 15.2 Å². The Morgan fingerprint density at radius 2 is 2.07 bits per heavy atom. The second kappa shape index (κ2) is 10.1. The van der Waals surface area contributed by atoms with Gasteiger partial charge in [0.25, 0.3) is 0 Å². The number of halogens is 2. The van der Waals surface area contributed by atoms with Crippen molar-refractivity contribution in [3.8, 4) is 0 Å². The Morgan fingerprint density at radius 1 is 1.30 bits per heavy atom. The topological polar surface area (TPSA) is 58.1 Å². The number of piperidine rings is 1. The maximum absolute atomic E-state index is 12.5. The van der Waals surface area contributed by atoms with Gasteiger partial charge in [-0.15, -0.1) is 10.2 Å². The van der Waals surface area contributed by atoms with Gasteiger partial charge in [0.2, 0.25) is 11.0 Å². The highest BCUT2D eigenvalue weighted by molar-refractivity contribution is 8.01. The Morgan fingerprint density at radius 3 is 2.78 bits per heavy atom. The third kappa shape index (κ3) is 6.06. The highest BCUT2D eigenvalue weighted by Gasteiger charge is 2.25. The minimum Gasteiger partial charge on any atom is -0.300 e. The Bertz CT molecular complexity index is 778. The number of anilines is 1. The van der Waals surface area contributed by atoms with E-state index in [1.807, 2.05) is 18.2 Å². The number of hydrogen-bond donors (Lipinski definition) is 1. The van der Waals surface area contributed by atoms with Gasteiger partial charge in [-0.05, 0) is 50.0 Å². The largest absolute Gasteiger partial charge is 0.300 e. The molecular weight excluding hydrogens is 423 g/mol. The molecule has 0 aliphatic carbocycles. The molecule has 0 bridgehead atoms. The molecule has 2 aromatic rings. The zero-order chi connectivity index (χ0) is 19.2. The van der Waals surface area contributed by atoms with Crippen molar-refractivity contribution in [1.82, 2.24) is 15.1 Å². The lowest BCUT2D eigenvalue weighted by Crippen LogP contribution is -2.37. The summed E-state index contributed by atoms with van der Waals surface area (Å²) in [6.07, 6.45) is 2.76. The number of likely N-dealkylation sites (tertiary alicyclic amines) is 1. The third-order valence-electron chi connectivity index (χ3n) is 4.41. The summed E-state index contributed by atoms with van der Waals surface area (Å²) in [6.45, 7) is 4.71. The summed E-state index contributed by atoms with van der Waals surface area (Å²) >= 11 is 15.2. The zero-order valence-corrected chi connectivity index (χ0v) is 18.2. The van der Waals surface area contributed by atoms with E-state index in [4.69, 9.17) is 23.2 Å². The van der Waals surface area contributed by atoms with Crippen LogP contribution in [0.25, 0.3) is 0 Å². The molecule has 0 saturated carbocycles. The zero-order valence-electron chi connectivity index (χ0n) is 15.1. The number of nitrogens with one attached hydrogen (secondary N) is 1. The minimum absolute atomic E-state index is 0.0192. The molecule has 0 unspecified atom stereocenters. The first-order valence-electron chi connectivity index (χ1n) is 8.98. The molecule has 3 rings (SSSR count). The summed E-state index contributed by atoms with van der Waals surface area (Å²) in [7, 11) is 0. The normalized spacial score (nSPS) is 15.8. The van der Waals surface area contributed by atoms with E-state index in [2.05, 4.69) is 27.3 Å². The van der Waals surface area contributed by atoms with Crippen molar-refractivity contribution >= 4 is 57.3 Å². The second-order valence-electron chi connectivity index (χ2n) is 6.51. The van der Waals surface area contributed by atoms with E-state index in [1.165, 1.54) is 11.3 Å². The molecule has 9 heteroatoms. The maximum Gasteiger partial charge on any atom is 0.229 e. The second-order valence-corrected chi connectivity index (χ2v) is 9.64. The van der Waals surface area contributed by atoms with Crippen molar-refractivity contribution in [2.24, 2.45) is 5.92 Å². The number of hydrogen-bond acceptors (Lipinski definition) is 6. The van der Waals surface area contributed by atoms with Crippen LogP contribution >= 0.6 is 46.3 Å². The molecule has 1 aliphatic rings. The third-order valence-corrected chi connectivity index (χ3v) is 7.33. The number of aromatic nitrogens is 2. The average molecular weight is 445 g/mol. The van der Waals surface area contributed by atoms with E-state index >= 15 is 0 Å². The molecular formula is C18H22Cl2N4OS2. The Balaban J connectivity index is 1.46. The highest BCUT2D eigenvalue weighted by atomic mass is 35.5.